The van der Waals surface area contributed by atoms with Crippen LogP contribution in [0.1, 0.15) is 24.8 Å². The summed E-state index contributed by atoms with van der Waals surface area (Å²) in [5.74, 6) is 0.747. The van der Waals surface area contributed by atoms with E-state index < -0.39 is 5.97 Å². The van der Waals surface area contributed by atoms with Gasteiger partial charge in [-0.05, 0) is 53.0 Å². The van der Waals surface area contributed by atoms with E-state index in [1.807, 2.05) is 17.0 Å². The van der Waals surface area contributed by atoms with Crippen LogP contribution in [0.5, 0.6) is 11.5 Å². The number of hydrogen-bond donors (Lipinski definition) is 1. The van der Waals surface area contributed by atoms with Crippen LogP contribution in [0.15, 0.2) is 16.6 Å². The molecular formula is C15H18BrNO4. The van der Waals surface area contributed by atoms with Crippen LogP contribution in [0.2, 0.25) is 0 Å². The Hall–Kier alpha value is -1.27. The number of hydrogen-bond acceptors (Lipinski definition) is 4. The van der Waals surface area contributed by atoms with Crippen LogP contribution in [0, 0.1) is 0 Å². The second kappa shape index (κ2) is 6.23. The molecule has 21 heavy (non-hydrogen) atoms. The SMILES string of the molecule is O=C(O)[C@H]1CCCN1Cc1cc(Br)c2c(c1)OCCCO2. The maximum atomic E-state index is 11.3. The fourth-order valence-corrected chi connectivity index (χ4v) is 3.51. The van der Waals surface area contributed by atoms with Gasteiger partial charge in [0.25, 0.3) is 0 Å². The Morgan fingerprint density at radius 3 is 2.95 bits per heavy atom. The molecule has 0 aromatic heterocycles. The maximum Gasteiger partial charge on any atom is 0.320 e. The van der Waals surface area contributed by atoms with Crippen LogP contribution in [0.25, 0.3) is 0 Å². The number of benzene rings is 1. The van der Waals surface area contributed by atoms with Crippen molar-refractivity contribution in [3.05, 3.63) is 22.2 Å². The van der Waals surface area contributed by atoms with E-state index in [9.17, 15) is 9.90 Å². The lowest BCUT2D eigenvalue weighted by atomic mass is 10.1. The minimum atomic E-state index is -0.735. The first-order chi connectivity index (χ1) is 10.1. The van der Waals surface area contributed by atoms with Gasteiger partial charge in [0.2, 0.25) is 0 Å². The first-order valence-corrected chi connectivity index (χ1v) is 7.99. The van der Waals surface area contributed by atoms with Gasteiger partial charge in [-0.25, -0.2) is 0 Å². The third kappa shape index (κ3) is 3.16. The Balaban J connectivity index is 1.81. The average Bonchev–Trinajstić information content (AvgIpc) is 2.76. The van der Waals surface area contributed by atoms with Crippen molar-refractivity contribution in [3.63, 3.8) is 0 Å². The van der Waals surface area contributed by atoms with Gasteiger partial charge in [-0.1, -0.05) is 0 Å². The smallest absolute Gasteiger partial charge is 0.320 e. The third-order valence-corrected chi connectivity index (χ3v) is 4.49. The van der Waals surface area contributed by atoms with E-state index in [1.165, 1.54) is 0 Å². The zero-order valence-electron chi connectivity index (χ0n) is 11.7. The number of carbonyl (C=O) groups is 1. The van der Waals surface area contributed by atoms with Gasteiger partial charge in [-0.3, -0.25) is 9.69 Å². The monoisotopic (exact) mass is 355 g/mol. The summed E-state index contributed by atoms with van der Waals surface area (Å²) in [6.45, 7) is 2.73. The van der Waals surface area contributed by atoms with Crippen LogP contribution in [-0.4, -0.2) is 41.8 Å². The van der Waals surface area contributed by atoms with Crippen LogP contribution in [0.4, 0.5) is 0 Å². The van der Waals surface area contributed by atoms with Crippen molar-refractivity contribution < 1.29 is 19.4 Å². The number of carboxylic acid groups (broad SMARTS) is 1. The molecule has 2 aliphatic rings. The van der Waals surface area contributed by atoms with Gasteiger partial charge < -0.3 is 14.6 Å². The molecule has 2 aliphatic heterocycles. The van der Waals surface area contributed by atoms with Crippen molar-refractivity contribution in [3.8, 4) is 11.5 Å². The molecule has 1 aromatic carbocycles. The van der Waals surface area contributed by atoms with E-state index in [0.29, 0.717) is 19.8 Å². The van der Waals surface area contributed by atoms with Crippen LogP contribution >= 0.6 is 15.9 Å². The molecule has 2 heterocycles. The second-order valence-corrected chi connectivity index (χ2v) is 6.28. The molecule has 0 amide bonds. The Morgan fingerprint density at radius 1 is 1.33 bits per heavy atom. The molecule has 0 aliphatic carbocycles. The molecule has 1 fully saturated rings. The molecule has 0 unspecified atom stereocenters. The molecule has 0 saturated carbocycles. The van der Waals surface area contributed by atoms with Gasteiger partial charge in [0.1, 0.15) is 6.04 Å². The Labute approximate surface area is 132 Å². The average molecular weight is 356 g/mol. The Kier molecular flexibility index (Phi) is 4.35. The molecule has 1 atom stereocenters. The molecule has 0 spiro atoms. The first kappa shape index (κ1) is 14.7. The van der Waals surface area contributed by atoms with E-state index in [-0.39, 0.29) is 6.04 Å². The molecular weight excluding hydrogens is 338 g/mol. The number of nitrogens with zero attached hydrogens (tertiary/aromatic N) is 1. The van der Waals surface area contributed by atoms with Gasteiger partial charge in [-0.2, -0.15) is 0 Å². The van der Waals surface area contributed by atoms with Gasteiger partial charge in [0.05, 0.1) is 17.7 Å². The van der Waals surface area contributed by atoms with Crippen molar-refractivity contribution in [1.82, 2.24) is 4.90 Å². The minimum absolute atomic E-state index is 0.375. The van der Waals surface area contributed by atoms with Crippen LogP contribution < -0.4 is 9.47 Å². The van der Waals surface area contributed by atoms with E-state index in [0.717, 1.165) is 47.3 Å². The predicted molar refractivity (Wildman–Crippen MR) is 80.8 cm³/mol. The van der Waals surface area contributed by atoms with E-state index in [1.54, 1.807) is 0 Å². The minimum Gasteiger partial charge on any atom is -0.490 e. The summed E-state index contributed by atoms with van der Waals surface area (Å²) in [5.41, 5.74) is 1.04. The number of rotatable bonds is 3. The molecule has 1 saturated heterocycles. The number of likely N-dealkylation sites (tertiary alicyclic amines) is 1. The molecule has 0 bridgehead atoms. The largest absolute Gasteiger partial charge is 0.490 e. The summed E-state index contributed by atoms with van der Waals surface area (Å²) in [4.78, 5) is 13.3. The van der Waals surface area contributed by atoms with Crippen molar-refractivity contribution in [2.45, 2.75) is 31.8 Å². The van der Waals surface area contributed by atoms with Crippen molar-refractivity contribution in [2.75, 3.05) is 19.8 Å². The molecule has 3 rings (SSSR count). The molecule has 114 valence electrons. The van der Waals surface area contributed by atoms with Crippen molar-refractivity contribution in [2.24, 2.45) is 0 Å². The van der Waals surface area contributed by atoms with E-state index in [2.05, 4.69) is 15.9 Å². The Morgan fingerprint density at radius 2 is 2.14 bits per heavy atom. The van der Waals surface area contributed by atoms with Gasteiger partial charge >= 0.3 is 5.97 Å². The topological polar surface area (TPSA) is 59.0 Å². The first-order valence-electron chi connectivity index (χ1n) is 7.20. The zero-order chi connectivity index (χ0) is 14.8. The standard InChI is InChI=1S/C15H18BrNO4/c16-11-7-10(8-13-14(11)21-6-2-5-20-13)9-17-4-1-3-12(17)15(18)19/h7-8,12H,1-6,9H2,(H,18,19)/t12-/m1/s1. The molecule has 1 aromatic rings. The van der Waals surface area contributed by atoms with E-state index in [4.69, 9.17) is 9.47 Å². The summed E-state index contributed by atoms with van der Waals surface area (Å²) in [5, 5.41) is 9.25. The normalized spacial score (nSPS) is 22.0. The summed E-state index contributed by atoms with van der Waals surface area (Å²) in [7, 11) is 0. The third-order valence-electron chi connectivity index (χ3n) is 3.90. The van der Waals surface area contributed by atoms with Crippen molar-refractivity contribution >= 4 is 21.9 Å². The van der Waals surface area contributed by atoms with Crippen LogP contribution in [0.3, 0.4) is 0 Å². The number of ether oxygens (including phenoxy) is 2. The van der Waals surface area contributed by atoms with Crippen LogP contribution in [-0.2, 0) is 11.3 Å². The number of aliphatic carboxylic acids is 1. The number of fused-ring (bicyclic) bond motifs is 1. The molecule has 0 radical (unpaired) electrons. The van der Waals surface area contributed by atoms with Gasteiger partial charge in [-0.15, -0.1) is 0 Å². The quantitative estimate of drug-likeness (QED) is 0.903. The van der Waals surface area contributed by atoms with Gasteiger partial charge in [0, 0.05) is 13.0 Å². The summed E-state index contributed by atoms with van der Waals surface area (Å²) in [6, 6.07) is 3.58. The molecule has 5 nitrogen and oxygen atoms in total. The lowest BCUT2D eigenvalue weighted by Crippen LogP contribution is -2.35. The Bertz CT molecular complexity index is 549. The lowest BCUT2D eigenvalue weighted by Gasteiger charge is -2.22. The number of halogens is 1. The highest BCUT2D eigenvalue weighted by Gasteiger charge is 2.30. The second-order valence-electron chi connectivity index (χ2n) is 5.42. The highest BCUT2D eigenvalue weighted by atomic mass is 79.9. The lowest BCUT2D eigenvalue weighted by molar-refractivity contribution is -0.142. The predicted octanol–water partition coefficient (Wildman–Crippen LogP) is 2.66. The maximum absolute atomic E-state index is 11.3. The highest BCUT2D eigenvalue weighted by molar-refractivity contribution is 9.10. The fraction of sp³-hybridized carbons (Fsp3) is 0.533. The summed E-state index contributed by atoms with van der Waals surface area (Å²) >= 11 is 3.52. The summed E-state index contributed by atoms with van der Waals surface area (Å²) in [6.07, 6.45) is 2.52. The summed E-state index contributed by atoms with van der Waals surface area (Å²) < 4.78 is 12.3. The number of carboxylic acids is 1. The molecule has 1 N–H and O–H groups in total. The van der Waals surface area contributed by atoms with Gasteiger partial charge in [0.15, 0.2) is 11.5 Å². The van der Waals surface area contributed by atoms with Crippen molar-refractivity contribution in [1.29, 1.82) is 0 Å². The fourth-order valence-electron chi connectivity index (χ4n) is 2.91. The zero-order valence-corrected chi connectivity index (χ0v) is 13.3. The molecule has 6 heteroatoms. The van der Waals surface area contributed by atoms with E-state index >= 15 is 0 Å². The highest BCUT2D eigenvalue weighted by Crippen LogP contribution is 2.38.